The van der Waals surface area contributed by atoms with Crippen LogP contribution in [0.25, 0.3) is 0 Å². The molecule has 3 aromatic rings. The molecule has 0 aliphatic carbocycles. The predicted octanol–water partition coefficient (Wildman–Crippen LogP) is 4.28. The largest absolute Gasteiger partial charge is 0.495 e. The summed E-state index contributed by atoms with van der Waals surface area (Å²) in [5.74, 6) is 0.841. The molecule has 2 aromatic carbocycles. The highest BCUT2D eigenvalue weighted by Gasteiger charge is 2.20. The molecule has 1 aliphatic rings. The Bertz CT molecular complexity index is 1170. The molecule has 4 rings (SSSR count). The van der Waals surface area contributed by atoms with Crippen LogP contribution < -0.4 is 19.7 Å². The highest BCUT2D eigenvalue weighted by atomic mass is 35.5. The van der Waals surface area contributed by atoms with Gasteiger partial charge in [-0.25, -0.2) is 8.42 Å². The number of aromatic nitrogens is 2. The lowest BCUT2D eigenvalue weighted by Gasteiger charge is -2.17. The SMILES string of the molecule is COc1ccc(Cl)cc1S(=O)(=O)Nc1ccc(Nc2cc(N3CCCC3)cnn2)cc1. The van der Waals surface area contributed by atoms with Crippen LogP contribution in [0, 0.1) is 0 Å². The zero-order valence-electron chi connectivity index (χ0n) is 16.9. The maximum atomic E-state index is 12.8. The van der Waals surface area contributed by atoms with Crippen LogP contribution in [-0.4, -0.2) is 38.8 Å². The van der Waals surface area contributed by atoms with Gasteiger partial charge in [-0.3, -0.25) is 4.72 Å². The van der Waals surface area contributed by atoms with E-state index in [0.717, 1.165) is 24.5 Å². The number of nitrogens with zero attached hydrogens (tertiary/aromatic N) is 3. The summed E-state index contributed by atoms with van der Waals surface area (Å²) in [4.78, 5) is 2.25. The standard InChI is InChI=1S/C21H22ClN5O3S/c1-30-19-9-4-15(22)12-20(19)31(28,29)26-17-7-5-16(6-8-17)24-21-13-18(14-23-25-21)27-10-2-3-11-27/h4-9,12-14,26H,2-3,10-11H2,1H3,(H,24,25). The first-order valence-corrected chi connectivity index (χ1v) is 11.6. The topological polar surface area (TPSA) is 96.5 Å². The van der Waals surface area contributed by atoms with Crippen LogP contribution in [0.5, 0.6) is 5.75 Å². The molecule has 0 radical (unpaired) electrons. The lowest BCUT2D eigenvalue weighted by molar-refractivity contribution is 0.403. The number of rotatable bonds is 7. The van der Waals surface area contributed by atoms with Crippen LogP contribution in [0.1, 0.15) is 12.8 Å². The van der Waals surface area contributed by atoms with Crippen molar-refractivity contribution in [2.24, 2.45) is 0 Å². The number of ether oxygens (including phenoxy) is 1. The number of sulfonamides is 1. The third-order valence-corrected chi connectivity index (χ3v) is 6.57. The molecule has 1 saturated heterocycles. The van der Waals surface area contributed by atoms with Crippen molar-refractivity contribution >= 4 is 44.5 Å². The third-order valence-electron chi connectivity index (χ3n) is 4.94. The fourth-order valence-electron chi connectivity index (χ4n) is 3.41. The summed E-state index contributed by atoms with van der Waals surface area (Å²) >= 11 is 5.96. The van der Waals surface area contributed by atoms with Gasteiger partial charge in [-0.1, -0.05) is 11.6 Å². The number of hydrogen-bond acceptors (Lipinski definition) is 7. The van der Waals surface area contributed by atoms with E-state index in [4.69, 9.17) is 16.3 Å². The Morgan fingerprint density at radius 2 is 1.74 bits per heavy atom. The summed E-state index contributed by atoms with van der Waals surface area (Å²) in [6.45, 7) is 2.05. The second-order valence-electron chi connectivity index (χ2n) is 7.10. The third kappa shape index (κ3) is 5.00. The van der Waals surface area contributed by atoms with Crippen LogP contribution in [0.4, 0.5) is 22.9 Å². The molecular formula is C21H22ClN5O3S. The Balaban J connectivity index is 1.47. The van der Waals surface area contributed by atoms with E-state index in [9.17, 15) is 8.42 Å². The highest BCUT2D eigenvalue weighted by Crippen LogP contribution is 2.29. The lowest BCUT2D eigenvalue weighted by atomic mass is 10.3. The average molecular weight is 460 g/mol. The van der Waals surface area contributed by atoms with Gasteiger partial charge in [0.1, 0.15) is 10.6 Å². The Morgan fingerprint density at radius 3 is 2.45 bits per heavy atom. The summed E-state index contributed by atoms with van der Waals surface area (Å²) in [5, 5.41) is 11.7. The van der Waals surface area contributed by atoms with Gasteiger partial charge in [0.15, 0.2) is 5.82 Å². The van der Waals surface area contributed by atoms with E-state index in [2.05, 4.69) is 25.1 Å². The van der Waals surface area contributed by atoms with E-state index in [1.807, 2.05) is 6.07 Å². The number of nitrogens with one attached hydrogen (secondary N) is 2. The van der Waals surface area contributed by atoms with Crippen LogP contribution in [0.2, 0.25) is 5.02 Å². The molecule has 162 valence electrons. The van der Waals surface area contributed by atoms with Gasteiger partial charge in [-0.15, -0.1) is 5.10 Å². The van der Waals surface area contributed by atoms with Crippen LogP contribution in [0.3, 0.4) is 0 Å². The van der Waals surface area contributed by atoms with Gasteiger partial charge in [-0.2, -0.15) is 5.10 Å². The van der Waals surface area contributed by atoms with Gasteiger partial charge in [0.05, 0.1) is 19.0 Å². The van der Waals surface area contributed by atoms with E-state index < -0.39 is 10.0 Å². The van der Waals surface area contributed by atoms with E-state index in [-0.39, 0.29) is 10.6 Å². The van der Waals surface area contributed by atoms with Crippen molar-refractivity contribution in [3.05, 3.63) is 59.8 Å². The van der Waals surface area contributed by atoms with Gasteiger partial charge in [0.25, 0.3) is 10.0 Å². The highest BCUT2D eigenvalue weighted by molar-refractivity contribution is 7.92. The summed E-state index contributed by atoms with van der Waals surface area (Å²) in [5.41, 5.74) is 2.20. The number of benzene rings is 2. The van der Waals surface area contributed by atoms with Crippen molar-refractivity contribution < 1.29 is 13.2 Å². The minimum Gasteiger partial charge on any atom is -0.495 e. The second kappa shape index (κ2) is 8.99. The van der Waals surface area contributed by atoms with E-state index in [0.29, 0.717) is 16.5 Å². The molecule has 2 N–H and O–H groups in total. The molecular weight excluding hydrogens is 438 g/mol. The van der Waals surface area contributed by atoms with Crippen molar-refractivity contribution in [3.63, 3.8) is 0 Å². The number of halogens is 1. The summed E-state index contributed by atoms with van der Waals surface area (Å²) in [6, 6.07) is 13.2. The fraction of sp³-hybridized carbons (Fsp3) is 0.238. The Hall–Kier alpha value is -3.04. The van der Waals surface area contributed by atoms with Crippen molar-refractivity contribution in [2.45, 2.75) is 17.7 Å². The first-order chi connectivity index (χ1) is 14.9. The molecule has 0 atom stereocenters. The van der Waals surface area contributed by atoms with Crippen molar-refractivity contribution in [2.75, 3.05) is 35.1 Å². The van der Waals surface area contributed by atoms with Crippen LogP contribution >= 0.6 is 11.6 Å². The number of methoxy groups -OCH3 is 1. The van der Waals surface area contributed by atoms with Crippen molar-refractivity contribution in [1.29, 1.82) is 0 Å². The quantitative estimate of drug-likeness (QED) is 0.544. The Labute approximate surface area is 186 Å². The molecule has 0 saturated carbocycles. The average Bonchev–Trinajstić information content (AvgIpc) is 3.30. The second-order valence-corrected chi connectivity index (χ2v) is 9.18. The normalized spacial score (nSPS) is 13.8. The van der Waals surface area contributed by atoms with Gasteiger partial charge < -0.3 is 15.0 Å². The molecule has 0 unspecified atom stereocenters. The zero-order chi connectivity index (χ0) is 21.8. The lowest BCUT2D eigenvalue weighted by Crippen LogP contribution is -2.18. The minimum absolute atomic E-state index is 0.0290. The molecule has 31 heavy (non-hydrogen) atoms. The van der Waals surface area contributed by atoms with Crippen molar-refractivity contribution in [3.8, 4) is 5.75 Å². The molecule has 1 fully saturated rings. The van der Waals surface area contributed by atoms with Crippen LogP contribution in [-0.2, 0) is 10.0 Å². The Kier molecular flexibility index (Phi) is 6.15. The molecule has 8 nitrogen and oxygen atoms in total. The van der Waals surface area contributed by atoms with Gasteiger partial charge >= 0.3 is 0 Å². The van der Waals surface area contributed by atoms with Crippen molar-refractivity contribution in [1.82, 2.24) is 10.2 Å². The first-order valence-electron chi connectivity index (χ1n) is 9.76. The first kappa shape index (κ1) is 21.2. The summed E-state index contributed by atoms with van der Waals surface area (Å²) in [6.07, 6.45) is 4.13. The maximum Gasteiger partial charge on any atom is 0.265 e. The zero-order valence-corrected chi connectivity index (χ0v) is 18.4. The monoisotopic (exact) mass is 459 g/mol. The molecule has 10 heteroatoms. The summed E-state index contributed by atoms with van der Waals surface area (Å²) < 4.78 is 33.3. The summed E-state index contributed by atoms with van der Waals surface area (Å²) in [7, 11) is -2.47. The molecule has 0 bridgehead atoms. The Morgan fingerprint density at radius 1 is 1.03 bits per heavy atom. The number of hydrogen-bond donors (Lipinski definition) is 2. The van der Waals surface area contributed by atoms with Crippen LogP contribution in [0.15, 0.2) is 59.6 Å². The van der Waals surface area contributed by atoms with Gasteiger partial charge in [0.2, 0.25) is 0 Å². The predicted molar refractivity (Wildman–Crippen MR) is 122 cm³/mol. The molecule has 0 spiro atoms. The molecule has 1 aliphatic heterocycles. The minimum atomic E-state index is -3.87. The smallest absolute Gasteiger partial charge is 0.265 e. The molecule has 0 amide bonds. The van der Waals surface area contributed by atoms with Gasteiger partial charge in [0, 0.05) is 35.6 Å². The van der Waals surface area contributed by atoms with E-state index in [1.165, 1.54) is 32.1 Å². The fourth-order valence-corrected chi connectivity index (χ4v) is 4.90. The number of anilines is 4. The molecule has 2 heterocycles. The maximum absolute atomic E-state index is 12.8. The molecule has 1 aromatic heterocycles. The van der Waals surface area contributed by atoms with Gasteiger partial charge in [-0.05, 0) is 55.3 Å². The van der Waals surface area contributed by atoms with E-state index in [1.54, 1.807) is 36.5 Å². The van der Waals surface area contributed by atoms with E-state index >= 15 is 0 Å².